The molecule has 1 aromatic rings. The van der Waals surface area contributed by atoms with E-state index >= 15 is 0 Å². The zero-order chi connectivity index (χ0) is 22.0. The molecule has 0 aromatic heterocycles. The van der Waals surface area contributed by atoms with Crippen molar-refractivity contribution in [3.05, 3.63) is 34.3 Å². The van der Waals surface area contributed by atoms with Gasteiger partial charge < -0.3 is 20.2 Å². The van der Waals surface area contributed by atoms with Gasteiger partial charge in [0.05, 0.1) is 0 Å². The van der Waals surface area contributed by atoms with Crippen LogP contribution in [0.1, 0.15) is 23.7 Å². The summed E-state index contributed by atoms with van der Waals surface area (Å²) in [7, 11) is 0. The third-order valence-electron chi connectivity index (χ3n) is 4.07. The highest BCUT2D eigenvalue weighted by molar-refractivity contribution is 9.10. The van der Waals surface area contributed by atoms with Gasteiger partial charge in [-0.05, 0) is 31.2 Å². The van der Waals surface area contributed by atoms with Crippen molar-refractivity contribution in [2.45, 2.75) is 19.5 Å². The number of carboxylic acids is 1. The van der Waals surface area contributed by atoms with Crippen molar-refractivity contribution in [1.29, 1.82) is 0 Å². The molecule has 0 atom stereocenters. The number of hydrogen-bond donors (Lipinski definition) is 2. The number of alkyl halides is 3. The fourth-order valence-corrected chi connectivity index (χ4v) is 2.75. The van der Waals surface area contributed by atoms with Crippen molar-refractivity contribution in [3.63, 3.8) is 0 Å². The summed E-state index contributed by atoms with van der Waals surface area (Å²) in [5.41, 5.74) is 0.652. The molecule has 7 nitrogen and oxygen atoms in total. The molecule has 1 aliphatic rings. The van der Waals surface area contributed by atoms with Crippen LogP contribution in [0.4, 0.5) is 13.2 Å². The van der Waals surface area contributed by atoms with Crippen LogP contribution in [0.2, 0.25) is 0 Å². The summed E-state index contributed by atoms with van der Waals surface area (Å²) in [5, 5.41) is 10.4. The van der Waals surface area contributed by atoms with Crippen molar-refractivity contribution in [2.24, 2.45) is 0 Å². The maximum absolute atomic E-state index is 12.5. The summed E-state index contributed by atoms with van der Waals surface area (Å²) in [6.45, 7) is 6.21. The molecule has 2 N–H and O–H groups in total. The lowest BCUT2D eigenvalue weighted by molar-refractivity contribution is -0.192. The number of carbonyl (C=O) groups is 3. The Kier molecular flexibility index (Phi) is 10.1. The molecule has 0 unspecified atom stereocenters. The second-order valence-corrected chi connectivity index (χ2v) is 6.99. The van der Waals surface area contributed by atoms with Gasteiger partial charge in [0, 0.05) is 55.7 Å². The maximum atomic E-state index is 12.5. The SMILES string of the molecule is CCN(CCC(=O)N1CCNCC1)C(=O)c1ccc(Br)cc1.O=C(O)C(F)(F)F. The van der Waals surface area contributed by atoms with Crippen LogP contribution in [0.15, 0.2) is 28.7 Å². The second kappa shape index (κ2) is 11.8. The predicted molar refractivity (Wildman–Crippen MR) is 103 cm³/mol. The van der Waals surface area contributed by atoms with E-state index in [4.69, 9.17) is 9.90 Å². The highest BCUT2D eigenvalue weighted by Gasteiger charge is 2.38. The van der Waals surface area contributed by atoms with E-state index in [-0.39, 0.29) is 11.8 Å². The largest absolute Gasteiger partial charge is 0.490 e. The van der Waals surface area contributed by atoms with Gasteiger partial charge in [-0.1, -0.05) is 15.9 Å². The Labute approximate surface area is 175 Å². The molecule has 0 bridgehead atoms. The average molecular weight is 482 g/mol. The Morgan fingerprint density at radius 2 is 1.69 bits per heavy atom. The van der Waals surface area contributed by atoms with E-state index < -0.39 is 12.1 Å². The van der Waals surface area contributed by atoms with E-state index in [0.717, 1.165) is 30.7 Å². The number of piperazine rings is 1. The van der Waals surface area contributed by atoms with Crippen LogP contribution in [-0.2, 0) is 9.59 Å². The minimum absolute atomic E-state index is 0.0249. The first-order valence-electron chi connectivity index (χ1n) is 8.89. The summed E-state index contributed by atoms with van der Waals surface area (Å²) in [4.78, 5) is 37.1. The molecule has 0 spiro atoms. The van der Waals surface area contributed by atoms with E-state index in [1.807, 2.05) is 24.0 Å². The molecular formula is C18H23BrF3N3O4. The number of benzene rings is 1. The first kappa shape index (κ1) is 24.9. The number of hydrogen-bond acceptors (Lipinski definition) is 4. The summed E-state index contributed by atoms with van der Waals surface area (Å²) >= 11 is 3.36. The Morgan fingerprint density at radius 3 is 2.14 bits per heavy atom. The van der Waals surface area contributed by atoms with Crippen LogP contribution in [0.5, 0.6) is 0 Å². The third-order valence-corrected chi connectivity index (χ3v) is 4.60. The Morgan fingerprint density at radius 1 is 1.17 bits per heavy atom. The smallest absolute Gasteiger partial charge is 0.475 e. The van der Waals surface area contributed by atoms with Crippen LogP contribution in [0.3, 0.4) is 0 Å². The number of carboxylic acid groups (broad SMARTS) is 1. The van der Waals surface area contributed by atoms with Crippen LogP contribution >= 0.6 is 15.9 Å². The van der Waals surface area contributed by atoms with Gasteiger partial charge in [-0.2, -0.15) is 13.2 Å². The molecule has 1 fully saturated rings. The monoisotopic (exact) mass is 481 g/mol. The number of nitrogens with one attached hydrogen (secondary N) is 1. The lowest BCUT2D eigenvalue weighted by atomic mass is 10.2. The van der Waals surface area contributed by atoms with Gasteiger partial charge in [-0.25, -0.2) is 4.79 Å². The molecule has 2 rings (SSSR count). The summed E-state index contributed by atoms with van der Waals surface area (Å²) < 4.78 is 32.7. The Bertz CT molecular complexity index is 693. The lowest BCUT2D eigenvalue weighted by Gasteiger charge is -2.28. The maximum Gasteiger partial charge on any atom is 0.490 e. The number of halogens is 4. The number of carbonyl (C=O) groups excluding carboxylic acids is 2. The zero-order valence-electron chi connectivity index (χ0n) is 15.8. The highest BCUT2D eigenvalue weighted by Crippen LogP contribution is 2.13. The molecule has 162 valence electrons. The zero-order valence-corrected chi connectivity index (χ0v) is 17.4. The quantitative estimate of drug-likeness (QED) is 0.673. The average Bonchev–Trinajstić information content (AvgIpc) is 2.69. The van der Waals surface area contributed by atoms with Gasteiger partial charge in [0.25, 0.3) is 5.91 Å². The standard InChI is InChI=1S/C16H22BrN3O2.C2HF3O2/c1-2-19(16(22)13-3-5-14(17)6-4-13)10-7-15(21)20-11-8-18-9-12-20;3-2(4,5)1(6)7/h3-6,18H,2,7-12H2,1H3;(H,6,7). The minimum Gasteiger partial charge on any atom is -0.475 e. The summed E-state index contributed by atoms with van der Waals surface area (Å²) in [5.74, 6) is -2.65. The van der Waals surface area contributed by atoms with Crippen LogP contribution in [-0.4, -0.2) is 78.1 Å². The molecular weight excluding hydrogens is 459 g/mol. The molecule has 1 aromatic carbocycles. The molecule has 0 aliphatic carbocycles. The van der Waals surface area contributed by atoms with Gasteiger partial charge in [-0.3, -0.25) is 9.59 Å². The summed E-state index contributed by atoms with van der Waals surface area (Å²) in [6.07, 6.45) is -4.70. The fourth-order valence-electron chi connectivity index (χ4n) is 2.48. The predicted octanol–water partition coefficient (Wildman–Crippen LogP) is 2.37. The summed E-state index contributed by atoms with van der Waals surface area (Å²) in [6, 6.07) is 7.31. The van der Waals surface area contributed by atoms with Crippen LogP contribution < -0.4 is 5.32 Å². The molecule has 0 radical (unpaired) electrons. The van der Waals surface area contributed by atoms with E-state index in [1.54, 1.807) is 17.0 Å². The number of amides is 2. The van der Waals surface area contributed by atoms with Crippen molar-refractivity contribution in [2.75, 3.05) is 39.3 Å². The molecule has 2 amide bonds. The molecule has 29 heavy (non-hydrogen) atoms. The fraction of sp³-hybridized carbons (Fsp3) is 0.500. The Hall–Kier alpha value is -2.14. The highest BCUT2D eigenvalue weighted by atomic mass is 79.9. The van der Waals surface area contributed by atoms with Crippen molar-refractivity contribution in [1.82, 2.24) is 15.1 Å². The Balaban J connectivity index is 0.000000516. The first-order valence-corrected chi connectivity index (χ1v) is 9.69. The van der Waals surface area contributed by atoms with Gasteiger partial charge in [0.1, 0.15) is 0 Å². The topological polar surface area (TPSA) is 90.0 Å². The van der Waals surface area contributed by atoms with E-state index in [0.29, 0.717) is 25.1 Å². The van der Waals surface area contributed by atoms with Gasteiger partial charge in [-0.15, -0.1) is 0 Å². The number of aliphatic carboxylic acids is 1. The minimum atomic E-state index is -5.08. The molecule has 1 heterocycles. The van der Waals surface area contributed by atoms with Gasteiger partial charge in [0.2, 0.25) is 5.91 Å². The molecule has 11 heteroatoms. The number of rotatable bonds is 5. The van der Waals surface area contributed by atoms with Gasteiger partial charge in [0.15, 0.2) is 0 Å². The van der Waals surface area contributed by atoms with Crippen molar-refractivity contribution >= 4 is 33.7 Å². The van der Waals surface area contributed by atoms with Crippen molar-refractivity contribution in [3.8, 4) is 0 Å². The molecule has 1 saturated heterocycles. The lowest BCUT2D eigenvalue weighted by Crippen LogP contribution is -2.47. The van der Waals surface area contributed by atoms with Crippen LogP contribution in [0.25, 0.3) is 0 Å². The number of nitrogens with zero attached hydrogens (tertiary/aromatic N) is 2. The van der Waals surface area contributed by atoms with E-state index in [9.17, 15) is 22.8 Å². The van der Waals surface area contributed by atoms with E-state index in [2.05, 4.69) is 21.2 Å². The van der Waals surface area contributed by atoms with Crippen LogP contribution in [0, 0.1) is 0 Å². The van der Waals surface area contributed by atoms with Gasteiger partial charge >= 0.3 is 12.1 Å². The molecule has 0 saturated carbocycles. The first-order chi connectivity index (χ1) is 13.6. The molecule has 1 aliphatic heterocycles. The van der Waals surface area contributed by atoms with Crippen molar-refractivity contribution < 1.29 is 32.7 Å². The van der Waals surface area contributed by atoms with E-state index in [1.165, 1.54) is 0 Å². The third kappa shape index (κ3) is 8.82. The second-order valence-electron chi connectivity index (χ2n) is 6.08. The normalized spacial score (nSPS) is 13.9.